The van der Waals surface area contributed by atoms with Gasteiger partial charge in [-0.15, -0.1) is 5.10 Å². The number of hydrazone groups is 1. The van der Waals surface area contributed by atoms with Crippen molar-refractivity contribution in [3.8, 4) is 11.5 Å². The smallest absolute Gasteiger partial charge is 0.342 e. The molecule has 0 saturated carbocycles. The molecule has 1 heterocycles. The van der Waals surface area contributed by atoms with Crippen LogP contribution in [0.4, 0.5) is 5.82 Å². The normalized spacial score (nSPS) is 10.6. The van der Waals surface area contributed by atoms with Crippen LogP contribution >= 0.6 is 0 Å². The topological polar surface area (TPSA) is 151 Å². The average molecular weight is 390 g/mol. The Morgan fingerprint density at radius 2 is 2.07 bits per heavy atom. The molecule has 0 radical (unpaired) electrons. The van der Waals surface area contributed by atoms with Gasteiger partial charge in [-0.3, -0.25) is 14.6 Å². The summed E-state index contributed by atoms with van der Waals surface area (Å²) in [6.07, 6.45) is 2.34. The first-order valence-electron chi connectivity index (χ1n) is 8.68. The minimum Gasteiger partial charge on any atom is -0.490 e. The van der Waals surface area contributed by atoms with Crippen molar-refractivity contribution in [1.29, 1.82) is 0 Å². The van der Waals surface area contributed by atoms with E-state index >= 15 is 0 Å². The van der Waals surface area contributed by atoms with Gasteiger partial charge >= 0.3 is 5.69 Å². The molecule has 0 bridgehead atoms. The fourth-order valence-electron chi connectivity index (χ4n) is 2.05. The number of hydrogen-bond acceptors (Lipinski definition) is 8. The molecular formula is C17H22N6O5. The lowest BCUT2D eigenvalue weighted by molar-refractivity contribution is -0.119. The minimum absolute atomic E-state index is 0.178. The number of aromatic amines is 2. The van der Waals surface area contributed by atoms with Crippen LogP contribution in [0, 0.1) is 0 Å². The molecule has 2 aromatic rings. The summed E-state index contributed by atoms with van der Waals surface area (Å²) in [5.74, 6) is 0.559. The van der Waals surface area contributed by atoms with Crippen molar-refractivity contribution in [1.82, 2.24) is 20.6 Å². The number of ether oxygens (including phenoxy) is 2. The van der Waals surface area contributed by atoms with Crippen LogP contribution in [0.3, 0.4) is 0 Å². The fraction of sp³-hybridized carbons (Fsp3) is 0.353. The van der Waals surface area contributed by atoms with Gasteiger partial charge in [0.15, 0.2) is 11.5 Å². The molecule has 0 unspecified atom stereocenters. The Morgan fingerprint density at radius 3 is 2.79 bits per heavy atom. The molecule has 0 saturated heterocycles. The van der Waals surface area contributed by atoms with Crippen molar-refractivity contribution < 1.29 is 14.3 Å². The highest BCUT2D eigenvalue weighted by molar-refractivity contribution is 5.84. The molecule has 1 aromatic carbocycles. The van der Waals surface area contributed by atoms with E-state index in [0.717, 1.165) is 6.42 Å². The molecule has 2 rings (SSSR count). The monoisotopic (exact) mass is 390 g/mol. The van der Waals surface area contributed by atoms with Crippen molar-refractivity contribution in [3.63, 3.8) is 0 Å². The number of amides is 1. The van der Waals surface area contributed by atoms with Crippen LogP contribution in [0.5, 0.6) is 11.5 Å². The van der Waals surface area contributed by atoms with E-state index in [1.54, 1.807) is 18.2 Å². The van der Waals surface area contributed by atoms with Crippen LogP contribution in [0.2, 0.25) is 0 Å². The molecule has 0 atom stereocenters. The summed E-state index contributed by atoms with van der Waals surface area (Å²) < 4.78 is 11.2. The minimum atomic E-state index is -0.734. The lowest BCUT2D eigenvalue weighted by Crippen LogP contribution is -2.31. The van der Waals surface area contributed by atoms with Crippen LogP contribution in [0.1, 0.15) is 25.8 Å². The molecule has 1 aromatic heterocycles. The van der Waals surface area contributed by atoms with Crippen LogP contribution in [0.25, 0.3) is 0 Å². The first kappa shape index (κ1) is 20.7. The molecular weight excluding hydrogens is 368 g/mol. The Morgan fingerprint density at radius 1 is 1.25 bits per heavy atom. The SMILES string of the molecule is CCCOc1ccc(/C=N/NC(=O)CNc2n[nH]c(=O)[nH]c2=O)cc1OCC. The second kappa shape index (κ2) is 10.5. The Balaban J connectivity index is 1.92. The summed E-state index contributed by atoms with van der Waals surface area (Å²) in [6, 6.07) is 5.32. The number of nitrogens with one attached hydrogen (secondary N) is 4. The Hall–Kier alpha value is -3.63. The van der Waals surface area contributed by atoms with Crippen LogP contribution in [-0.4, -0.2) is 47.1 Å². The van der Waals surface area contributed by atoms with Gasteiger partial charge in [-0.25, -0.2) is 15.3 Å². The second-order valence-corrected chi connectivity index (χ2v) is 5.49. The average Bonchev–Trinajstić information content (AvgIpc) is 2.67. The highest BCUT2D eigenvalue weighted by atomic mass is 16.5. The summed E-state index contributed by atoms with van der Waals surface area (Å²) in [7, 11) is 0. The van der Waals surface area contributed by atoms with Gasteiger partial charge < -0.3 is 14.8 Å². The Bertz CT molecular complexity index is 936. The largest absolute Gasteiger partial charge is 0.490 e. The van der Waals surface area contributed by atoms with Crippen LogP contribution in [-0.2, 0) is 4.79 Å². The van der Waals surface area contributed by atoms with E-state index in [9.17, 15) is 14.4 Å². The Kier molecular flexibility index (Phi) is 7.76. The van der Waals surface area contributed by atoms with Crippen molar-refractivity contribution in [2.75, 3.05) is 25.1 Å². The van der Waals surface area contributed by atoms with E-state index < -0.39 is 17.2 Å². The lowest BCUT2D eigenvalue weighted by atomic mass is 10.2. The molecule has 28 heavy (non-hydrogen) atoms. The summed E-state index contributed by atoms with van der Waals surface area (Å²) >= 11 is 0. The molecule has 150 valence electrons. The van der Waals surface area contributed by atoms with Crippen LogP contribution in [0.15, 0.2) is 32.9 Å². The number of anilines is 1. The maximum absolute atomic E-state index is 11.8. The predicted molar refractivity (Wildman–Crippen MR) is 103 cm³/mol. The number of hydrogen-bond donors (Lipinski definition) is 4. The number of aromatic nitrogens is 3. The highest BCUT2D eigenvalue weighted by Crippen LogP contribution is 2.28. The van der Waals surface area contributed by atoms with Crippen molar-refractivity contribution in [2.45, 2.75) is 20.3 Å². The molecule has 11 heteroatoms. The zero-order valence-electron chi connectivity index (χ0n) is 15.6. The lowest BCUT2D eigenvalue weighted by Gasteiger charge is -2.11. The quantitative estimate of drug-likeness (QED) is 0.334. The number of H-pyrrole nitrogens is 2. The third-order valence-corrected chi connectivity index (χ3v) is 3.26. The predicted octanol–water partition coefficient (Wildman–Crippen LogP) is 0.208. The standard InChI is InChI=1S/C17H22N6O5/c1-3-7-28-12-6-5-11(8-13(12)27-4-2)9-19-21-14(24)10-18-15-16(25)20-17(26)23-22-15/h5-6,8-9H,3-4,7,10H2,1-2H3,(H,18,22)(H,21,24)(H2,20,23,25,26)/b19-9+. The molecule has 1 amide bonds. The van der Waals surface area contributed by atoms with Crippen molar-refractivity contribution in [3.05, 3.63) is 44.6 Å². The van der Waals surface area contributed by atoms with E-state index in [1.807, 2.05) is 18.8 Å². The number of benzene rings is 1. The number of carbonyl (C=O) groups is 1. The van der Waals surface area contributed by atoms with E-state index in [4.69, 9.17) is 9.47 Å². The zero-order chi connectivity index (χ0) is 20.4. The fourth-order valence-corrected chi connectivity index (χ4v) is 2.05. The van der Waals surface area contributed by atoms with E-state index in [-0.39, 0.29) is 12.4 Å². The van der Waals surface area contributed by atoms with Crippen LogP contribution < -0.4 is 31.5 Å². The van der Waals surface area contributed by atoms with Gasteiger partial charge in [-0.05, 0) is 37.1 Å². The molecule has 0 fully saturated rings. The van der Waals surface area contributed by atoms with E-state index in [0.29, 0.717) is 30.3 Å². The summed E-state index contributed by atoms with van der Waals surface area (Å²) in [5, 5.41) is 11.9. The molecule has 0 spiro atoms. The number of carbonyl (C=O) groups excluding carboxylic acids is 1. The molecule has 0 aliphatic heterocycles. The van der Waals surface area contributed by atoms with Gasteiger partial charge in [-0.1, -0.05) is 6.92 Å². The van der Waals surface area contributed by atoms with Gasteiger partial charge in [0.25, 0.3) is 11.5 Å². The van der Waals surface area contributed by atoms with Gasteiger partial charge in [0.2, 0.25) is 5.82 Å². The van der Waals surface area contributed by atoms with Crippen molar-refractivity contribution in [2.24, 2.45) is 5.10 Å². The summed E-state index contributed by atoms with van der Waals surface area (Å²) in [4.78, 5) is 36.1. The third kappa shape index (κ3) is 6.27. The summed E-state index contributed by atoms with van der Waals surface area (Å²) in [6.45, 7) is 4.71. The zero-order valence-corrected chi connectivity index (χ0v) is 15.6. The number of nitrogens with zero attached hydrogens (tertiary/aromatic N) is 2. The van der Waals surface area contributed by atoms with E-state index in [2.05, 4.69) is 26.0 Å². The maximum atomic E-state index is 11.8. The third-order valence-electron chi connectivity index (χ3n) is 3.26. The summed E-state index contributed by atoms with van der Waals surface area (Å²) in [5.41, 5.74) is 1.56. The molecule has 11 nitrogen and oxygen atoms in total. The highest BCUT2D eigenvalue weighted by Gasteiger charge is 2.07. The second-order valence-electron chi connectivity index (χ2n) is 5.49. The molecule has 4 N–H and O–H groups in total. The maximum Gasteiger partial charge on any atom is 0.342 e. The Labute approximate surface area is 160 Å². The first-order valence-corrected chi connectivity index (χ1v) is 8.68. The van der Waals surface area contributed by atoms with Gasteiger partial charge in [0.05, 0.1) is 26.0 Å². The molecule has 0 aliphatic carbocycles. The van der Waals surface area contributed by atoms with E-state index in [1.165, 1.54) is 6.21 Å². The molecule has 0 aliphatic rings. The van der Waals surface area contributed by atoms with Crippen molar-refractivity contribution >= 4 is 17.9 Å². The number of rotatable bonds is 10. The van der Waals surface area contributed by atoms with Gasteiger partial charge in [0, 0.05) is 0 Å². The van der Waals surface area contributed by atoms with Gasteiger partial charge in [-0.2, -0.15) is 5.10 Å². The van der Waals surface area contributed by atoms with Gasteiger partial charge in [0.1, 0.15) is 0 Å². The first-order chi connectivity index (χ1) is 13.5.